The number of carbonyl (C=O) groups is 3. The van der Waals surface area contributed by atoms with Crippen molar-refractivity contribution in [3.05, 3.63) is 45.0 Å². The number of rotatable bonds is 6. The third-order valence-electron chi connectivity index (χ3n) is 4.24. The molecule has 2 rings (SSSR count). The highest BCUT2D eigenvalue weighted by Crippen LogP contribution is 2.30. The standard InChI is InChI=1S/C18H19Cl2NO5/c1-26-16(22)9-15(13-7-6-10(19)8-14(13)20)21-17(23)11-4-2-3-5-12(11)18(24)25/h6-8,15H,2-5,9H2,1H3,(H,21,23)(H,24,25). The molecule has 1 aromatic rings. The van der Waals surface area contributed by atoms with E-state index in [1.54, 1.807) is 12.1 Å². The number of ether oxygens (including phenoxy) is 1. The van der Waals surface area contributed by atoms with E-state index in [1.807, 2.05) is 0 Å². The number of aliphatic carboxylic acids is 1. The van der Waals surface area contributed by atoms with Crippen LogP contribution in [0.4, 0.5) is 0 Å². The lowest BCUT2D eigenvalue weighted by atomic mass is 9.90. The summed E-state index contributed by atoms with van der Waals surface area (Å²) in [5.74, 6) is -2.14. The summed E-state index contributed by atoms with van der Waals surface area (Å²) >= 11 is 12.1. The average molecular weight is 400 g/mol. The van der Waals surface area contributed by atoms with Crippen LogP contribution in [0.3, 0.4) is 0 Å². The smallest absolute Gasteiger partial charge is 0.332 e. The number of methoxy groups -OCH3 is 1. The second kappa shape index (κ2) is 9.05. The van der Waals surface area contributed by atoms with Crippen LogP contribution >= 0.6 is 23.2 Å². The van der Waals surface area contributed by atoms with Gasteiger partial charge in [-0.2, -0.15) is 0 Å². The molecule has 6 nitrogen and oxygen atoms in total. The Balaban J connectivity index is 2.32. The molecule has 140 valence electrons. The van der Waals surface area contributed by atoms with E-state index in [1.165, 1.54) is 13.2 Å². The van der Waals surface area contributed by atoms with Gasteiger partial charge in [-0.25, -0.2) is 4.79 Å². The molecule has 0 spiro atoms. The molecular weight excluding hydrogens is 381 g/mol. The Labute approximate surface area is 161 Å². The van der Waals surface area contributed by atoms with Crippen molar-refractivity contribution in [3.63, 3.8) is 0 Å². The van der Waals surface area contributed by atoms with E-state index >= 15 is 0 Å². The average Bonchev–Trinajstić information content (AvgIpc) is 2.61. The van der Waals surface area contributed by atoms with E-state index in [2.05, 4.69) is 10.1 Å². The highest BCUT2D eigenvalue weighted by Gasteiger charge is 2.27. The van der Waals surface area contributed by atoms with Gasteiger partial charge in [-0.3, -0.25) is 9.59 Å². The molecule has 0 radical (unpaired) electrons. The molecule has 8 heteroatoms. The first-order valence-electron chi connectivity index (χ1n) is 8.11. The number of hydrogen-bond donors (Lipinski definition) is 2. The fourth-order valence-electron chi connectivity index (χ4n) is 2.91. The van der Waals surface area contributed by atoms with Crippen molar-refractivity contribution in [3.8, 4) is 0 Å². The summed E-state index contributed by atoms with van der Waals surface area (Å²) in [4.78, 5) is 35.8. The molecule has 0 heterocycles. The van der Waals surface area contributed by atoms with E-state index in [4.69, 9.17) is 23.2 Å². The summed E-state index contributed by atoms with van der Waals surface area (Å²) in [6.45, 7) is 0. The molecule has 1 atom stereocenters. The third kappa shape index (κ3) is 4.99. The Morgan fingerprint density at radius 2 is 1.85 bits per heavy atom. The number of amides is 1. The van der Waals surface area contributed by atoms with Gasteiger partial charge in [0, 0.05) is 21.2 Å². The van der Waals surface area contributed by atoms with Crippen LogP contribution < -0.4 is 5.32 Å². The van der Waals surface area contributed by atoms with Crippen LogP contribution in [-0.4, -0.2) is 30.1 Å². The highest BCUT2D eigenvalue weighted by molar-refractivity contribution is 6.35. The normalized spacial score (nSPS) is 15.3. The number of benzene rings is 1. The van der Waals surface area contributed by atoms with Gasteiger partial charge in [0.25, 0.3) is 0 Å². The van der Waals surface area contributed by atoms with Crippen molar-refractivity contribution in [2.24, 2.45) is 0 Å². The van der Waals surface area contributed by atoms with Crippen molar-refractivity contribution in [1.82, 2.24) is 5.32 Å². The molecule has 0 fully saturated rings. The summed E-state index contributed by atoms with van der Waals surface area (Å²) in [6.07, 6.45) is 2.06. The van der Waals surface area contributed by atoms with Crippen LogP contribution in [0, 0.1) is 0 Å². The summed E-state index contributed by atoms with van der Waals surface area (Å²) in [5, 5.41) is 12.8. The number of nitrogens with one attached hydrogen (secondary N) is 1. The molecule has 0 aromatic heterocycles. The zero-order valence-electron chi connectivity index (χ0n) is 14.2. The van der Waals surface area contributed by atoms with Gasteiger partial charge in [0.15, 0.2) is 0 Å². The third-order valence-corrected chi connectivity index (χ3v) is 4.80. The second-order valence-corrected chi connectivity index (χ2v) is 6.79. The molecular formula is C18H19Cl2NO5. The number of carboxylic acids is 1. The van der Waals surface area contributed by atoms with Crippen LogP contribution in [0.25, 0.3) is 0 Å². The van der Waals surface area contributed by atoms with Crippen molar-refractivity contribution < 1.29 is 24.2 Å². The zero-order chi connectivity index (χ0) is 19.3. The van der Waals surface area contributed by atoms with Gasteiger partial charge in [-0.05, 0) is 43.4 Å². The van der Waals surface area contributed by atoms with Crippen LogP contribution in [0.1, 0.15) is 43.7 Å². The van der Waals surface area contributed by atoms with E-state index < -0.39 is 23.9 Å². The lowest BCUT2D eigenvalue weighted by Gasteiger charge is -2.23. The van der Waals surface area contributed by atoms with E-state index in [0.29, 0.717) is 28.5 Å². The molecule has 1 aromatic carbocycles. The molecule has 2 N–H and O–H groups in total. The van der Waals surface area contributed by atoms with Gasteiger partial charge in [-0.15, -0.1) is 0 Å². The van der Waals surface area contributed by atoms with E-state index in [-0.39, 0.29) is 17.6 Å². The first kappa shape index (κ1) is 20.3. The Kier molecular flexibility index (Phi) is 7.06. The first-order valence-corrected chi connectivity index (χ1v) is 8.87. The van der Waals surface area contributed by atoms with E-state index in [9.17, 15) is 19.5 Å². The van der Waals surface area contributed by atoms with Crippen LogP contribution in [0.2, 0.25) is 10.0 Å². The van der Waals surface area contributed by atoms with Crippen molar-refractivity contribution in [1.29, 1.82) is 0 Å². The van der Waals surface area contributed by atoms with Gasteiger partial charge in [0.1, 0.15) is 0 Å². The molecule has 1 unspecified atom stereocenters. The fraction of sp³-hybridized carbons (Fsp3) is 0.389. The van der Waals surface area contributed by atoms with Crippen molar-refractivity contribution >= 4 is 41.0 Å². The summed E-state index contributed by atoms with van der Waals surface area (Å²) in [7, 11) is 1.25. The van der Waals surface area contributed by atoms with Gasteiger partial charge in [0.05, 0.1) is 19.6 Å². The Hall–Kier alpha value is -2.05. The lowest BCUT2D eigenvalue weighted by Crippen LogP contribution is -2.33. The first-order chi connectivity index (χ1) is 12.3. The molecule has 0 aliphatic heterocycles. The molecule has 0 saturated carbocycles. The molecule has 0 saturated heterocycles. The monoisotopic (exact) mass is 399 g/mol. The van der Waals surface area contributed by atoms with Gasteiger partial charge >= 0.3 is 11.9 Å². The maximum absolute atomic E-state index is 12.7. The number of halogens is 2. The number of hydrogen-bond acceptors (Lipinski definition) is 4. The second-order valence-electron chi connectivity index (χ2n) is 5.94. The van der Waals surface area contributed by atoms with E-state index in [0.717, 1.165) is 12.8 Å². The summed E-state index contributed by atoms with van der Waals surface area (Å²) in [5.41, 5.74) is 0.861. The van der Waals surface area contributed by atoms with Crippen LogP contribution in [0.5, 0.6) is 0 Å². The molecule has 1 amide bonds. The molecule has 26 heavy (non-hydrogen) atoms. The largest absolute Gasteiger partial charge is 0.478 e. The summed E-state index contributed by atoms with van der Waals surface area (Å²) in [6, 6.07) is 3.97. The van der Waals surface area contributed by atoms with Gasteiger partial charge in [0.2, 0.25) is 5.91 Å². The maximum atomic E-state index is 12.7. The fourth-order valence-corrected chi connectivity index (χ4v) is 3.45. The van der Waals surface area contributed by atoms with Gasteiger partial charge in [-0.1, -0.05) is 29.3 Å². The van der Waals surface area contributed by atoms with Crippen molar-refractivity contribution in [2.75, 3.05) is 7.11 Å². The predicted octanol–water partition coefficient (Wildman–Crippen LogP) is 3.67. The van der Waals surface area contributed by atoms with Gasteiger partial charge < -0.3 is 15.2 Å². The zero-order valence-corrected chi connectivity index (χ0v) is 15.7. The molecule has 1 aliphatic carbocycles. The van der Waals surface area contributed by atoms with Crippen LogP contribution in [0.15, 0.2) is 29.3 Å². The Morgan fingerprint density at radius 1 is 1.19 bits per heavy atom. The summed E-state index contributed by atoms with van der Waals surface area (Å²) < 4.78 is 4.69. The quantitative estimate of drug-likeness (QED) is 0.711. The Morgan fingerprint density at radius 3 is 2.42 bits per heavy atom. The maximum Gasteiger partial charge on any atom is 0.332 e. The Bertz CT molecular complexity index is 760. The topological polar surface area (TPSA) is 92.7 Å². The molecule has 1 aliphatic rings. The minimum atomic E-state index is -1.09. The minimum Gasteiger partial charge on any atom is -0.478 e. The highest BCUT2D eigenvalue weighted by atomic mass is 35.5. The number of carbonyl (C=O) groups excluding carboxylic acids is 2. The predicted molar refractivity (Wildman–Crippen MR) is 97.1 cm³/mol. The minimum absolute atomic E-state index is 0.118. The van der Waals surface area contributed by atoms with Crippen molar-refractivity contribution in [2.45, 2.75) is 38.1 Å². The van der Waals surface area contributed by atoms with Crippen LogP contribution in [-0.2, 0) is 19.1 Å². The molecule has 0 bridgehead atoms. The SMILES string of the molecule is COC(=O)CC(NC(=O)C1=C(C(=O)O)CCCC1)c1ccc(Cl)cc1Cl. The number of carboxylic acid groups (broad SMARTS) is 1. The lowest BCUT2D eigenvalue weighted by molar-refractivity contribution is -0.141. The number of esters is 1.